The molecule has 2 N–H and O–H groups in total. The Hall–Kier alpha value is -0.460. The fourth-order valence-electron chi connectivity index (χ4n) is 4.77. The number of ether oxygens (including phenoxy) is 2. The van der Waals surface area contributed by atoms with Gasteiger partial charge in [-0.2, -0.15) is 0 Å². The molecule has 0 spiro atoms. The summed E-state index contributed by atoms with van der Waals surface area (Å²) < 4.78 is 28.8. The minimum atomic E-state index is -3.73. The van der Waals surface area contributed by atoms with E-state index in [0.717, 1.165) is 19.5 Å². The molecule has 7 nitrogen and oxygen atoms in total. The van der Waals surface area contributed by atoms with Gasteiger partial charge in [-0.1, -0.05) is 91.4 Å². The van der Waals surface area contributed by atoms with E-state index in [2.05, 4.69) is 34.6 Å². The highest BCUT2D eigenvalue weighted by Gasteiger charge is 2.25. The molecule has 0 aromatic carbocycles. The van der Waals surface area contributed by atoms with Crippen molar-refractivity contribution < 1.29 is 33.2 Å². The molecule has 0 fully saturated rings. The second-order valence-corrected chi connectivity index (χ2v) is 13.0. The van der Waals surface area contributed by atoms with Gasteiger partial charge in [0.05, 0.1) is 39.0 Å². The zero-order valence-electron chi connectivity index (χ0n) is 25.1. The number of nitrogens with one attached hydrogen (secondary N) is 1. The highest BCUT2D eigenvalue weighted by Crippen LogP contribution is 2.41. The van der Waals surface area contributed by atoms with Crippen molar-refractivity contribution in [1.82, 2.24) is 0 Å². The Balaban J connectivity index is 4.10. The van der Waals surface area contributed by atoms with Crippen molar-refractivity contribution in [2.24, 2.45) is 11.8 Å². The normalized spacial score (nSPS) is 15.9. The molecule has 0 aromatic heterocycles. The average molecular weight is 551 g/mol. The number of esters is 1. The van der Waals surface area contributed by atoms with Gasteiger partial charge in [-0.05, 0) is 32.1 Å². The molecule has 0 aromatic rings. The van der Waals surface area contributed by atoms with E-state index in [1.165, 1.54) is 82.5 Å². The highest BCUT2D eigenvalue weighted by molar-refractivity contribution is 7.52. The van der Waals surface area contributed by atoms with E-state index in [1.807, 2.05) is 0 Å². The van der Waals surface area contributed by atoms with E-state index < -0.39 is 19.7 Å². The van der Waals surface area contributed by atoms with Crippen LogP contribution in [-0.4, -0.2) is 62.6 Å². The van der Waals surface area contributed by atoms with Gasteiger partial charge >= 0.3 is 13.6 Å². The van der Waals surface area contributed by atoms with Crippen LogP contribution < -0.4 is 4.90 Å². The Labute approximate surface area is 228 Å². The number of carbonyl (C=O) groups excluding carboxylic acids is 1. The second kappa shape index (κ2) is 23.4. The summed E-state index contributed by atoms with van der Waals surface area (Å²) in [5.41, 5.74) is 0. The fourth-order valence-corrected chi connectivity index (χ4v) is 5.90. The molecule has 0 radical (unpaired) electrons. The first-order valence-corrected chi connectivity index (χ1v) is 16.9. The van der Waals surface area contributed by atoms with E-state index in [1.54, 1.807) is 0 Å². The summed E-state index contributed by atoms with van der Waals surface area (Å²) in [6, 6.07) is 0. The first-order chi connectivity index (χ1) is 17.6. The first-order valence-electron chi connectivity index (χ1n) is 15.2. The van der Waals surface area contributed by atoms with Gasteiger partial charge in [0, 0.05) is 13.5 Å². The maximum absolute atomic E-state index is 12.4. The molecule has 8 heteroatoms. The van der Waals surface area contributed by atoms with Crippen LogP contribution >= 0.6 is 7.60 Å². The molecule has 0 saturated carbocycles. The molecular formula is C29H61NO6P+. The molecule has 37 heavy (non-hydrogen) atoms. The Morgan fingerprint density at radius 2 is 1.41 bits per heavy atom. The predicted octanol–water partition coefficient (Wildman–Crippen LogP) is 6.03. The van der Waals surface area contributed by atoms with E-state index in [0.29, 0.717) is 25.0 Å². The van der Waals surface area contributed by atoms with E-state index in [4.69, 9.17) is 14.0 Å². The number of quaternary nitrogens is 1. The van der Waals surface area contributed by atoms with Gasteiger partial charge in [-0.15, -0.1) is 0 Å². The van der Waals surface area contributed by atoms with Crippen LogP contribution in [-0.2, 0) is 23.4 Å². The predicted molar refractivity (Wildman–Crippen MR) is 153 cm³/mol. The summed E-state index contributed by atoms with van der Waals surface area (Å²) in [4.78, 5) is 22.9. The molecule has 0 amide bonds. The van der Waals surface area contributed by atoms with Crippen LogP contribution in [0.3, 0.4) is 0 Å². The number of unbranched alkanes of at least 4 members (excludes halogenated alkanes) is 9. The summed E-state index contributed by atoms with van der Waals surface area (Å²) >= 11 is 0. The minimum absolute atomic E-state index is 0.0889. The molecule has 0 aliphatic carbocycles. The molecule has 4 atom stereocenters. The topological polar surface area (TPSA) is 86.5 Å². The molecule has 0 saturated heterocycles. The SMILES string of the molecule is CCCCCCCCCCCCC(C)CC(C)COCC(COP(=O)(O)CC[NH+](CC)CC)OC(C)=O. The number of hydrogen-bond acceptors (Lipinski definition) is 5. The van der Waals surface area contributed by atoms with Crippen molar-refractivity contribution in [2.75, 3.05) is 45.6 Å². The lowest BCUT2D eigenvalue weighted by Crippen LogP contribution is -3.11. The second-order valence-electron chi connectivity index (χ2n) is 11.0. The summed E-state index contributed by atoms with van der Waals surface area (Å²) in [5, 5.41) is 0. The van der Waals surface area contributed by atoms with Crippen molar-refractivity contribution in [1.29, 1.82) is 0 Å². The van der Waals surface area contributed by atoms with Crippen LogP contribution in [0.4, 0.5) is 0 Å². The Bertz CT molecular complexity index is 587. The molecule has 4 unspecified atom stereocenters. The summed E-state index contributed by atoms with van der Waals surface area (Å²) in [6.07, 6.45) is 15.4. The number of carbonyl (C=O) groups is 1. The van der Waals surface area contributed by atoms with Crippen LogP contribution in [0.2, 0.25) is 0 Å². The molecular weight excluding hydrogens is 489 g/mol. The lowest BCUT2D eigenvalue weighted by atomic mass is 9.93. The Kier molecular flexibility index (Phi) is 23.1. The maximum Gasteiger partial charge on any atom is 0.333 e. The third-order valence-electron chi connectivity index (χ3n) is 7.10. The maximum atomic E-state index is 12.4. The number of rotatable bonds is 26. The van der Waals surface area contributed by atoms with Crippen LogP contribution in [0.25, 0.3) is 0 Å². The standard InChI is InChI=1S/C29H60NO6P/c1-7-10-11-12-13-14-15-16-17-18-19-26(4)22-27(5)23-34-24-29(36-28(6)31)25-35-37(32,33)21-20-30(8-2)9-3/h26-27,29H,7-25H2,1-6H3,(H,32,33)/p+1. The van der Waals surface area contributed by atoms with Gasteiger partial charge in [0.25, 0.3) is 0 Å². The van der Waals surface area contributed by atoms with Crippen LogP contribution in [0.5, 0.6) is 0 Å². The van der Waals surface area contributed by atoms with Crippen molar-refractivity contribution in [3.05, 3.63) is 0 Å². The van der Waals surface area contributed by atoms with Crippen LogP contribution in [0.15, 0.2) is 0 Å². The lowest BCUT2D eigenvalue weighted by molar-refractivity contribution is -0.893. The summed E-state index contributed by atoms with van der Waals surface area (Å²) in [6.45, 7) is 15.2. The van der Waals surface area contributed by atoms with Gasteiger partial charge < -0.3 is 23.8 Å². The smallest absolute Gasteiger partial charge is 0.333 e. The van der Waals surface area contributed by atoms with Gasteiger partial charge in [-0.3, -0.25) is 9.36 Å². The lowest BCUT2D eigenvalue weighted by Gasteiger charge is -2.22. The van der Waals surface area contributed by atoms with E-state index in [-0.39, 0.29) is 19.4 Å². The Morgan fingerprint density at radius 1 is 0.838 bits per heavy atom. The molecule has 0 heterocycles. The largest absolute Gasteiger partial charge is 0.458 e. The summed E-state index contributed by atoms with van der Waals surface area (Å²) in [7, 11) is -3.73. The zero-order chi connectivity index (χ0) is 27.9. The fraction of sp³-hybridized carbons (Fsp3) is 0.966. The van der Waals surface area contributed by atoms with Crippen molar-refractivity contribution >= 4 is 13.6 Å². The average Bonchev–Trinajstić information content (AvgIpc) is 2.84. The van der Waals surface area contributed by atoms with Crippen molar-refractivity contribution in [3.8, 4) is 0 Å². The van der Waals surface area contributed by atoms with Crippen LogP contribution in [0, 0.1) is 11.8 Å². The third-order valence-corrected chi connectivity index (χ3v) is 8.45. The van der Waals surface area contributed by atoms with Crippen molar-refractivity contribution in [3.63, 3.8) is 0 Å². The third kappa shape index (κ3) is 23.2. The molecule has 0 rings (SSSR count). The van der Waals surface area contributed by atoms with Gasteiger partial charge in [0.15, 0.2) is 0 Å². The molecule has 0 aliphatic heterocycles. The first kappa shape index (κ1) is 36.5. The minimum Gasteiger partial charge on any atom is -0.458 e. The van der Waals surface area contributed by atoms with Gasteiger partial charge in [0.2, 0.25) is 0 Å². The molecule has 0 aliphatic rings. The number of hydrogen-bond donors (Lipinski definition) is 2. The molecule has 0 bridgehead atoms. The van der Waals surface area contributed by atoms with Crippen LogP contribution in [0.1, 0.15) is 119 Å². The van der Waals surface area contributed by atoms with Gasteiger partial charge in [-0.25, -0.2) is 0 Å². The Morgan fingerprint density at radius 3 is 1.95 bits per heavy atom. The van der Waals surface area contributed by atoms with Crippen molar-refractivity contribution in [2.45, 2.75) is 125 Å². The monoisotopic (exact) mass is 550 g/mol. The quantitative estimate of drug-likeness (QED) is 0.0776. The van der Waals surface area contributed by atoms with E-state index >= 15 is 0 Å². The van der Waals surface area contributed by atoms with Gasteiger partial charge in [0.1, 0.15) is 6.10 Å². The summed E-state index contributed by atoms with van der Waals surface area (Å²) in [5.74, 6) is 0.613. The zero-order valence-corrected chi connectivity index (χ0v) is 26.0. The molecule has 222 valence electrons. The van der Waals surface area contributed by atoms with E-state index in [9.17, 15) is 14.3 Å². The highest BCUT2D eigenvalue weighted by atomic mass is 31.2.